The summed E-state index contributed by atoms with van der Waals surface area (Å²) < 4.78 is 0.971. The Bertz CT molecular complexity index is 565. The van der Waals surface area contributed by atoms with Gasteiger partial charge in [-0.05, 0) is 47.2 Å². The maximum absolute atomic E-state index is 11.1. The molecule has 6 heteroatoms. The van der Waals surface area contributed by atoms with Crippen LogP contribution in [0.5, 0.6) is 0 Å². The molecule has 0 radical (unpaired) electrons. The highest BCUT2D eigenvalue weighted by atomic mass is 79.9. The SMILES string of the molecule is Cc1ncc(NCC2(C(NC(=O)O)C(C)(C)C)CC2)cc1Br. The van der Waals surface area contributed by atoms with Crippen LogP contribution in [0.3, 0.4) is 0 Å². The first-order valence-corrected chi connectivity index (χ1v) is 8.29. The number of hydrogen-bond acceptors (Lipinski definition) is 3. The van der Waals surface area contributed by atoms with Gasteiger partial charge in [-0.15, -0.1) is 0 Å². The van der Waals surface area contributed by atoms with Crippen molar-refractivity contribution in [3.63, 3.8) is 0 Å². The van der Waals surface area contributed by atoms with Gasteiger partial charge in [-0.1, -0.05) is 20.8 Å². The Hall–Kier alpha value is -1.30. The van der Waals surface area contributed by atoms with E-state index in [-0.39, 0.29) is 16.9 Å². The number of halogens is 1. The van der Waals surface area contributed by atoms with E-state index in [1.165, 1.54) is 0 Å². The number of aromatic nitrogens is 1. The molecule has 1 aromatic heterocycles. The van der Waals surface area contributed by atoms with Crippen LogP contribution in [0.15, 0.2) is 16.7 Å². The number of nitrogens with one attached hydrogen (secondary N) is 2. The third-order valence-corrected chi connectivity index (χ3v) is 5.11. The summed E-state index contributed by atoms with van der Waals surface area (Å²) in [6, 6.07) is 1.93. The number of hydrogen-bond donors (Lipinski definition) is 3. The fraction of sp³-hybridized carbons (Fsp3) is 0.625. The number of rotatable bonds is 5. The van der Waals surface area contributed by atoms with Crippen LogP contribution in [0.25, 0.3) is 0 Å². The average Bonchev–Trinajstić information content (AvgIpc) is 3.17. The number of pyridine rings is 1. The molecular formula is C16H24BrN3O2. The fourth-order valence-corrected chi connectivity index (χ4v) is 3.37. The lowest BCUT2D eigenvalue weighted by atomic mass is 9.76. The first-order valence-electron chi connectivity index (χ1n) is 7.49. The molecule has 1 aliphatic rings. The van der Waals surface area contributed by atoms with Gasteiger partial charge in [0.1, 0.15) is 0 Å². The molecule has 1 aliphatic carbocycles. The smallest absolute Gasteiger partial charge is 0.404 e. The van der Waals surface area contributed by atoms with Gasteiger partial charge in [0, 0.05) is 22.5 Å². The molecule has 0 aliphatic heterocycles. The summed E-state index contributed by atoms with van der Waals surface area (Å²) in [7, 11) is 0. The van der Waals surface area contributed by atoms with E-state index in [2.05, 4.69) is 52.3 Å². The minimum Gasteiger partial charge on any atom is -0.465 e. The molecule has 22 heavy (non-hydrogen) atoms. The van der Waals surface area contributed by atoms with Crippen LogP contribution in [0.2, 0.25) is 0 Å². The van der Waals surface area contributed by atoms with Crippen molar-refractivity contribution in [3.8, 4) is 0 Å². The highest BCUT2D eigenvalue weighted by molar-refractivity contribution is 9.10. The van der Waals surface area contributed by atoms with Gasteiger partial charge in [-0.3, -0.25) is 4.98 Å². The lowest BCUT2D eigenvalue weighted by Crippen LogP contribution is -2.51. The molecule has 122 valence electrons. The normalized spacial score (nSPS) is 17.7. The van der Waals surface area contributed by atoms with Gasteiger partial charge in [0.25, 0.3) is 0 Å². The monoisotopic (exact) mass is 369 g/mol. The minimum absolute atomic E-state index is 0.0198. The van der Waals surface area contributed by atoms with E-state index in [1.807, 2.05) is 19.2 Å². The van der Waals surface area contributed by atoms with Crippen LogP contribution < -0.4 is 10.6 Å². The van der Waals surface area contributed by atoms with E-state index in [9.17, 15) is 4.79 Å². The number of aryl methyl sites for hydroxylation is 1. The molecule has 0 spiro atoms. The lowest BCUT2D eigenvalue weighted by molar-refractivity contribution is 0.148. The van der Waals surface area contributed by atoms with Crippen molar-refractivity contribution >= 4 is 27.7 Å². The molecule has 1 atom stereocenters. The third-order valence-electron chi connectivity index (χ3n) is 4.31. The standard InChI is InChI=1S/C16H24BrN3O2/c1-10-12(17)7-11(8-18-10)19-9-16(5-6-16)13(15(2,3)4)20-14(21)22/h7-8,13,19-20H,5-6,9H2,1-4H3,(H,21,22). The molecule has 1 amide bonds. The molecule has 1 saturated carbocycles. The number of amides is 1. The van der Waals surface area contributed by atoms with Crippen LogP contribution in [0, 0.1) is 17.8 Å². The first kappa shape index (κ1) is 17.1. The zero-order valence-corrected chi connectivity index (χ0v) is 15.1. The number of anilines is 1. The van der Waals surface area contributed by atoms with Crippen LogP contribution in [-0.2, 0) is 0 Å². The van der Waals surface area contributed by atoms with E-state index in [1.54, 1.807) is 0 Å². The van der Waals surface area contributed by atoms with Crippen LogP contribution >= 0.6 is 15.9 Å². The Morgan fingerprint density at radius 1 is 1.50 bits per heavy atom. The minimum atomic E-state index is -0.953. The number of nitrogens with zero attached hydrogens (tertiary/aromatic N) is 1. The Balaban J connectivity index is 2.09. The topological polar surface area (TPSA) is 74.2 Å². The molecule has 0 saturated heterocycles. The maximum atomic E-state index is 11.1. The number of carboxylic acid groups (broad SMARTS) is 1. The van der Waals surface area contributed by atoms with Crippen molar-refractivity contribution in [2.24, 2.45) is 10.8 Å². The third kappa shape index (κ3) is 3.91. The second kappa shape index (κ2) is 6.07. The Morgan fingerprint density at radius 3 is 2.59 bits per heavy atom. The van der Waals surface area contributed by atoms with Gasteiger partial charge >= 0.3 is 6.09 Å². The van der Waals surface area contributed by atoms with Gasteiger partial charge < -0.3 is 15.7 Å². The van der Waals surface area contributed by atoms with Gasteiger partial charge in [0.05, 0.1) is 17.6 Å². The van der Waals surface area contributed by atoms with Crippen molar-refractivity contribution in [2.45, 2.75) is 46.6 Å². The van der Waals surface area contributed by atoms with Crippen molar-refractivity contribution in [3.05, 3.63) is 22.4 Å². The lowest BCUT2D eigenvalue weighted by Gasteiger charge is -2.37. The van der Waals surface area contributed by atoms with Gasteiger partial charge in [-0.2, -0.15) is 0 Å². The van der Waals surface area contributed by atoms with E-state index in [4.69, 9.17) is 5.11 Å². The van der Waals surface area contributed by atoms with E-state index in [0.717, 1.165) is 35.2 Å². The highest BCUT2D eigenvalue weighted by Gasteiger charge is 2.53. The zero-order valence-electron chi connectivity index (χ0n) is 13.5. The molecule has 1 fully saturated rings. The van der Waals surface area contributed by atoms with Crippen LogP contribution in [0.4, 0.5) is 10.5 Å². The second-order valence-electron chi connectivity index (χ2n) is 7.26. The van der Waals surface area contributed by atoms with Crippen molar-refractivity contribution in [1.29, 1.82) is 0 Å². The summed E-state index contributed by atoms with van der Waals surface area (Å²) >= 11 is 3.48. The summed E-state index contributed by atoms with van der Waals surface area (Å²) in [6.45, 7) is 8.93. The molecule has 1 aromatic rings. The summed E-state index contributed by atoms with van der Waals surface area (Å²) in [5.74, 6) is 0. The highest BCUT2D eigenvalue weighted by Crippen LogP contribution is 2.53. The molecular weight excluding hydrogens is 346 g/mol. The molecule has 2 rings (SSSR count). The fourth-order valence-electron chi connectivity index (χ4n) is 3.02. The van der Waals surface area contributed by atoms with Crippen LogP contribution in [0.1, 0.15) is 39.3 Å². The molecule has 5 nitrogen and oxygen atoms in total. The van der Waals surface area contributed by atoms with Crippen LogP contribution in [-0.4, -0.2) is 28.8 Å². The summed E-state index contributed by atoms with van der Waals surface area (Å²) in [5.41, 5.74) is 1.76. The second-order valence-corrected chi connectivity index (χ2v) is 8.11. The predicted molar refractivity (Wildman–Crippen MR) is 91.2 cm³/mol. The Morgan fingerprint density at radius 2 is 2.14 bits per heavy atom. The largest absolute Gasteiger partial charge is 0.465 e. The van der Waals surface area contributed by atoms with Gasteiger partial charge in [-0.25, -0.2) is 4.79 Å². The molecule has 1 heterocycles. The van der Waals surface area contributed by atoms with Crippen molar-refractivity contribution in [2.75, 3.05) is 11.9 Å². The summed E-state index contributed by atoms with van der Waals surface area (Å²) in [5, 5.41) is 15.3. The molecule has 0 aromatic carbocycles. The molecule has 3 N–H and O–H groups in total. The van der Waals surface area contributed by atoms with E-state index < -0.39 is 6.09 Å². The first-order chi connectivity index (χ1) is 10.1. The maximum Gasteiger partial charge on any atom is 0.404 e. The quantitative estimate of drug-likeness (QED) is 0.732. The molecule has 1 unspecified atom stereocenters. The average molecular weight is 370 g/mol. The van der Waals surface area contributed by atoms with E-state index >= 15 is 0 Å². The Kier molecular flexibility index (Phi) is 4.70. The number of carbonyl (C=O) groups is 1. The van der Waals surface area contributed by atoms with Crippen molar-refractivity contribution < 1.29 is 9.90 Å². The summed E-state index contributed by atoms with van der Waals surface area (Å²) in [4.78, 5) is 15.5. The van der Waals surface area contributed by atoms with Gasteiger partial charge in [0.2, 0.25) is 0 Å². The molecule has 0 bridgehead atoms. The van der Waals surface area contributed by atoms with E-state index in [0.29, 0.717) is 0 Å². The van der Waals surface area contributed by atoms with Crippen molar-refractivity contribution in [1.82, 2.24) is 10.3 Å². The Labute approximate surface area is 140 Å². The van der Waals surface area contributed by atoms with Gasteiger partial charge in [0.15, 0.2) is 0 Å². The summed E-state index contributed by atoms with van der Waals surface area (Å²) in [6.07, 6.45) is 2.92. The predicted octanol–water partition coefficient (Wildman–Crippen LogP) is 4.03. The zero-order chi connectivity index (χ0) is 16.5.